The van der Waals surface area contributed by atoms with Crippen molar-refractivity contribution < 1.29 is 23.5 Å². The summed E-state index contributed by atoms with van der Waals surface area (Å²) in [5.74, 6) is -0.471. The van der Waals surface area contributed by atoms with E-state index in [1.807, 2.05) is 0 Å². The topological polar surface area (TPSA) is 77.8 Å². The van der Waals surface area contributed by atoms with Crippen molar-refractivity contribution in [1.82, 2.24) is 0 Å². The Labute approximate surface area is 154 Å². The lowest BCUT2D eigenvalue weighted by Crippen LogP contribution is -2.21. The van der Waals surface area contributed by atoms with Gasteiger partial charge in [0, 0.05) is 21.7 Å². The van der Waals surface area contributed by atoms with Crippen LogP contribution in [0.15, 0.2) is 46.9 Å². The summed E-state index contributed by atoms with van der Waals surface area (Å²) in [6.07, 6.45) is 0. The summed E-state index contributed by atoms with van der Waals surface area (Å²) >= 11 is 5.86. The monoisotopic (exact) mass is 373 g/mol. The second-order valence-corrected chi connectivity index (χ2v) is 5.99. The molecule has 2 aromatic carbocycles. The Balaban J connectivity index is 1.67. The minimum Gasteiger partial charge on any atom is -0.497 e. The van der Waals surface area contributed by atoms with Crippen LogP contribution in [0.25, 0.3) is 11.0 Å². The van der Waals surface area contributed by atoms with E-state index in [-0.39, 0.29) is 5.76 Å². The number of fused-ring (bicyclic) bond motifs is 1. The van der Waals surface area contributed by atoms with Crippen LogP contribution in [0.3, 0.4) is 0 Å². The standard InChI is InChI=1S/C19H16ClNO5/c1-11-15-9-14(24-2)6-7-16(15)26-18(11)19(23)25-10-17(22)21-13-5-3-4-12(20)8-13/h3-9H,10H2,1-2H3,(H,21,22). The normalized spacial score (nSPS) is 10.6. The van der Waals surface area contributed by atoms with E-state index in [0.717, 1.165) is 5.39 Å². The molecule has 134 valence electrons. The summed E-state index contributed by atoms with van der Waals surface area (Å²) < 4.78 is 15.8. The number of esters is 1. The molecule has 1 N–H and O–H groups in total. The van der Waals surface area contributed by atoms with Crippen molar-refractivity contribution in [3.8, 4) is 5.75 Å². The fraction of sp³-hybridized carbons (Fsp3) is 0.158. The predicted molar refractivity (Wildman–Crippen MR) is 97.9 cm³/mol. The quantitative estimate of drug-likeness (QED) is 0.678. The van der Waals surface area contributed by atoms with Gasteiger partial charge in [0.05, 0.1) is 7.11 Å². The molecule has 7 heteroatoms. The number of rotatable bonds is 5. The van der Waals surface area contributed by atoms with Gasteiger partial charge in [0.1, 0.15) is 11.3 Å². The highest BCUT2D eigenvalue weighted by molar-refractivity contribution is 6.30. The van der Waals surface area contributed by atoms with E-state index < -0.39 is 18.5 Å². The smallest absolute Gasteiger partial charge is 0.375 e. The van der Waals surface area contributed by atoms with Crippen LogP contribution >= 0.6 is 11.6 Å². The maximum Gasteiger partial charge on any atom is 0.375 e. The van der Waals surface area contributed by atoms with Gasteiger partial charge in [-0.1, -0.05) is 17.7 Å². The lowest BCUT2D eigenvalue weighted by molar-refractivity contribution is -0.119. The summed E-state index contributed by atoms with van der Waals surface area (Å²) in [5.41, 5.74) is 1.68. The number of hydrogen-bond acceptors (Lipinski definition) is 5. The molecule has 0 radical (unpaired) electrons. The molecule has 3 aromatic rings. The molecule has 0 atom stereocenters. The third-order valence-corrected chi connectivity index (χ3v) is 4.01. The first kappa shape index (κ1) is 17.8. The lowest BCUT2D eigenvalue weighted by Gasteiger charge is -2.06. The van der Waals surface area contributed by atoms with Crippen LogP contribution in [0.5, 0.6) is 5.75 Å². The third-order valence-electron chi connectivity index (χ3n) is 3.77. The molecule has 0 saturated heterocycles. The first-order valence-corrected chi connectivity index (χ1v) is 8.15. The van der Waals surface area contributed by atoms with Gasteiger partial charge in [-0.15, -0.1) is 0 Å². The molecular formula is C19H16ClNO5. The maximum absolute atomic E-state index is 12.3. The Morgan fingerprint density at radius 2 is 2.00 bits per heavy atom. The molecule has 3 rings (SSSR count). The fourth-order valence-electron chi connectivity index (χ4n) is 2.48. The van der Waals surface area contributed by atoms with Gasteiger partial charge in [-0.05, 0) is 43.3 Å². The van der Waals surface area contributed by atoms with Crippen molar-refractivity contribution in [2.75, 3.05) is 19.0 Å². The average molecular weight is 374 g/mol. The summed E-state index contributed by atoms with van der Waals surface area (Å²) in [5, 5.41) is 3.84. The minimum absolute atomic E-state index is 0.0591. The maximum atomic E-state index is 12.3. The minimum atomic E-state index is -0.709. The predicted octanol–water partition coefficient (Wildman–Crippen LogP) is 4.20. The van der Waals surface area contributed by atoms with Gasteiger partial charge in [0.25, 0.3) is 5.91 Å². The van der Waals surface area contributed by atoms with Crippen LogP contribution in [-0.4, -0.2) is 25.6 Å². The van der Waals surface area contributed by atoms with E-state index in [4.69, 9.17) is 25.5 Å². The van der Waals surface area contributed by atoms with Gasteiger partial charge in [-0.2, -0.15) is 0 Å². The van der Waals surface area contributed by atoms with E-state index in [1.54, 1.807) is 56.5 Å². The number of hydrogen-bond donors (Lipinski definition) is 1. The third kappa shape index (κ3) is 3.81. The number of carbonyl (C=O) groups excluding carboxylic acids is 2. The first-order chi connectivity index (χ1) is 12.5. The molecule has 0 bridgehead atoms. The van der Waals surface area contributed by atoms with Gasteiger partial charge in [0.15, 0.2) is 6.61 Å². The summed E-state index contributed by atoms with van der Waals surface area (Å²) in [6, 6.07) is 11.9. The second-order valence-electron chi connectivity index (χ2n) is 5.55. The summed E-state index contributed by atoms with van der Waals surface area (Å²) in [7, 11) is 1.56. The highest BCUT2D eigenvalue weighted by Gasteiger charge is 2.20. The molecule has 0 unspecified atom stereocenters. The van der Waals surface area contributed by atoms with Crippen LogP contribution in [-0.2, 0) is 9.53 Å². The van der Waals surface area contributed by atoms with Gasteiger partial charge in [-0.25, -0.2) is 4.79 Å². The highest BCUT2D eigenvalue weighted by Crippen LogP contribution is 2.29. The summed E-state index contributed by atoms with van der Waals surface area (Å²) in [4.78, 5) is 24.2. The molecule has 6 nitrogen and oxygen atoms in total. The number of amides is 1. The average Bonchev–Trinajstić information content (AvgIpc) is 2.96. The van der Waals surface area contributed by atoms with Gasteiger partial charge >= 0.3 is 5.97 Å². The second kappa shape index (κ2) is 7.49. The fourth-order valence-corrected chi connectivity index (χ4v) is 2.67. The van der Waals surface area contributed by atoms with Crippen molar-refractivity contribution in [3.05, 3.63) is 58.8 Å². The molecule has 1 amide bonds. The lowest BCUT2D eigenvalue weighted by atomic mass is 10.1. The zero-order valence-corrected chi connectivity index (χ0v) is 14.9. The Bertz CT molecular complexity index is 979. The van der Waals surface area contributed by atoms with Crippen molar-refractivity contribution in [3.63, 3.8) is 0 Å². The molecule has 0 aliphatic rings. The van der Waals surface area contributed by atoms with Gasteiger partial charge < -0.3 is 19.2 Å². The Morgan fingerprint density at radius 3 is 2.73 bits per heavy atom. The number of furan rings is 1. The number of anilines is 1. The van der Waals surface area contributed by atoms with Crippen molar-refractivity contribution in [2.24, 2.45) is 0 Å². The number of aryl methyl sites for hydroxylation is 1. The molecular weight excluding hydrogens is 358 g/mol. The number of benzene rings is 2. The van der Waals surface area contributed by atoms with Crippen molar-refractivity contribution >= 4 is 40.1 Å². The van der Waals surface area contributed by atoms with Crippen molar-refractivity contribution in [2.45, 2.75) is 6.92 Å². The molecule has 0 fully saturated rings. The Kier molecular flexibility index (Phi) is 5.14. The number of nitrogens with one attached hydrogen (secondary N) is 1. The Morgan fingerprint density at radius 1 is 1.19 bits per heavy atom. The van der Waals surface area contributed by atoms with E-state index in [2.05, 4.69) is 5.32 Å². The van der Waals surface area contributed by atoms with E-state index in [9.17, 15) is 9.59 Å². The van der Waals surface area contributed by atoms with Crippen LogP contribution in [0.1, 0.15) is 16.1 Å². The van der Waals surface area contributed by atoms with Crippen LogP contribution in [0, 0.1) is 6.92 Å². The van der Waals surface area contributed by atoms with E-state index in [1.165, 1.54) is 0 Å². The van der Waals surface area contributed by atoms with Crippen LogP contribution < -0.4 is 10.1 Å². The van der Waals surface area contributed by atoms with E-state index in [0.29, 0.717) is 27.6 Å². The highest BCUT2D eigenvalue weighted by atomic mass is 35.5. The molecule has 0 aliphatic carbocycles. The molecule has 0 spiro atoms. The Hall–Kier alpha value is -2.99. The van der Waals surface area contributed by atoms with Gasteiger partial charge in [0.2, 0.25) is 5.76 Å². The number of ether oxygens (including phenoxy) is 2. The first-order valence-electron chi connectivity index (χ1n) is 7.77. The van der Waals surface area contributed by atoms with Crippen LogP contribution in [0.2, 0.25) is 5.02 Å². The molecule has 0 aliphatic heterocycles. The van der Waals surface area contributed by atoms with E-state index >= 15 is 0 Å². The number of methoxy groups -OCH3 is 1. The molecule has 26 heavy (non-hydrogen) atoms. The van der Waals surface area contributed by atoms with Gasteiger partial charge in [-0.3, -0.25) is 4.79 Å². The number of halogens is 1. The number of carbonyl (C=O) groups is 2. The molecule has 1 aromatic heterocycles. The zero-order chi connectivity index (χ0) is 18.7. The molecule has 1 heterocycles. The summed E-state index contributed by atoms with van der Waals surface area (Å²) in [6.45, 7) is 1.30. The SMILES string of the molecule is COc1ccc2oc(C(=O)OCC(=O)Nc3cccc(Cl)c3)c(C)c2c1. The van der Waals surface area contributed by atoms with Crippen LogP contribution in [0.4, 0.5) is 5.69 Å². The molecule has 0 saturated carbocycles. The zero-order valence-electron chi connectivity index (χ0n) is 14.2. The van der Waals surface area contributed by atoms with Crippen molar-refractivity contribution in [1.29, 1.82) is 0 Å². The largest absolute Gasteiger partial charge is 0.497 e.